The Hall–Kier alpha value is -2.00. The van der Waals surface area contributed by atoms with Gasteiger partial charge in [0, 0.05) is 50.1 Å². The number of anilines is 2. The van der Waals surface area contributed by atoms with Crippen LogP contribution >= 0.6 is 11.6 Å². The van der Waals surface area contributed by atoms with Crippen LogP contribution in [0.15, 0.2) is 24.4 Å². The highest BCUT2D eigenvalue weighted by atomic mass is 35.5. The number of hydrogen-bond acceptors (Lipinski definition) is 7. The molecule has 2 fully saturated rings. The molecule has 0 spiro atoms. The molecule has 0 amide bonds. The molecule has 2 aromatic rings. The fourth-order valence-corrected chi connectivity index (χ4v) is 5.74. The molecule has 2 aromatic heterocycles. The first-order valence-corrected chi connectivity index (χ1v) is 13.8. The quantitative estimate of drug-likeness (QED) is 0.351. The summed E-state index contributed by atoms with van der Waals surface area (Å²) in [6.45, 7) is 8.63. The first kappa shape index (κ1) is 28.0. The van der Waals surface area contributed by atoms with Gasteiger partial charge in [0.05, 0.1) is 22.9 Å². The minimum atomic E-state index is -0.422. The maximum atomic E-state index is 15.6. The zero-order chi connectivity index (χ0) is 26.4. The summed E-state index contributed by atoms with van der Waals surface area (Å²) < 4.78 is 26.7. The van der Waals surface area contributed by atoms with Crippen LogP contribution < -0.4 is 16.0 Å². The van der Waals surface area contributed by atoms with Crippen molar-refractivity contribution in [1.29, 1.82) is 0 Å². The van der Waals surface area contributed by atoms with E-state index in [1.54, 1.807) is 25.4 Å². The van der Waals surface area contributed by atoms with E-state index >= 15 is 4.39 Å². The number of hydrogen-bond donors (Lipinski definition) is 3. The Morgan fingerprint density at radius 1 is 1.16 bits per heavy atom. The molecule has 1 aliphatic carbocycles. The van der Waals surface area contributed by atoms with Gasteiger partial charge in [-0.15, -0.1) is 0 Å². The van der Waals surface area contributed by atoms with Crippen molar-refractivity contribution in [3.05, 3.63) is 35.2 Å². The summed E-state index contributed by atoms with van der Waals surface area (Å²) >= 11 is 6.48. The van der Waals surface area contributed by atoms with E-state index in [9.17, 15) is 0 Å². The molecule has 0 bridgehead atoms. The molecule has 2 atom stereocenters. The SMILES string of the molecule is COC[C@@H](C)NC1CCC(Nc2nccc(-c3nc(NCC4CCOC(C)(C)C4)ccc3Cl)c2F)CC1. The fraction of sp³-hybridized carbons (Fsp3) is 0.643. The Bertz CT molecular complexity index is 1030. The van der Waals surface area contributed by atoms with Crippen molar-refractivity contribution in [1.82, 2.24) is 15.3 Å². The molecule has 0 aromatic carbocycles. The van der Waals surface area contributed by atoms with Gasteiger partial charge in [-0.2, -0.15) is 0 Å². The Kier molecular flexibility index (Phi) is 9.62. The Morgan fingerprint density at radius 2 is 1.92 bits per heavy atom. The van der Waals surface area contributed by atoms with Crippen LogP contribution in [0.1, 0.15) is 59.3 Å². The normalized spacial score (nSPS) is 24.4. The number of pyridine rings is 2. The van der Waals surface area contributed by atoms with Crippen molar-refractivity contribution in [3.63, 3.8) is 0 Å². The molecular formula is C28H41ClFN5O2. The highest BCUT2D eigenvalue weighted by Gasteiger charge is 2.29. The molecule has 1 unspecified atom stereocenters. The van der Waals surface area contributed by atoms with Gasteiger partial charge in [0.1, 0.15) is 5.82 Å². The number of nitrogens with one attached hydrogen (secondary N) is 3. The third-order valence-corrected chi connectivity index (χ3v) is 7.67. The van der Waals surface area contributed by atoms with Gasteiger partial charge in [0.25, 0.3) is 0 Å². The van der Waals surface area contributed by atoms with E-state index in [1.165, 1.54) is 0 Å². The number of rotatable bonds is 10. The van der Waals surface area contributed by atoms with Crippen LogP contribution in [-0.2, 0) is 9.47 Å². The van der Waals surface area contributed by atoms with Gasteiger partial charge >= 0.3 is 0 Å². The van der Waals surface area contributed by atoms with Gasteiger partial charge in [-0.05, 0) is 83.4 Å². The van der Waals surface area contributed by atoms with Crippen molar-refractivity contribution < 1.29 is 13.9 Å². The van der Waals surface area contributed by atoms with Crippen LogP contribution in [0.25, 0.3) is 11.3 Å². The Balaban J connectivity index is 1.39. The zero-order valence-corrected chi connectivity index (χ0v) is 23.2. The van der Waals surface area contributed by atoms with E-state index < -0.39 is 5.82 Å². The van der Waals surface area contributed by atoms with Crippen molar-refractivity contribution in [2.75, 3.05) is 37.5 Å². The average molecular weight is 534 g/mol. The largest absolute Gasteiger partial charge is 0.383 e. The number of methoxy groups -OCH3 is 1. The lowest BCUT2D eigenvalue weighted by atomic mass is 9.88. The number of aromatic nitrogens is 2. The van der Waals surface area contributed by atoms with E-state index in [0.717, 1.165) is 51.7 Å². The molecule has 1 saturated heterocycles. The summed E-state index contributed by atoms with van der Waals surface area (Å²) in [5.74, 6) is 1.01. The predicted octanol–water partition coefficient (Wildman–Crippen LogP) is 5.90. The maximum absolute atomic E-state index is 15.6. The van der Waals surface area contributed by atoms with Gasteiger partial charge in [0.2, 0.25) is 0 Å². The lowest BCUT2D eigenvalue weighted by molar-refractivity contribution is -0.0699. The second-order valence-electron chi connectivity index (χ2n) is 11.1. The first-order chi connectivity index (χ1) is 17.7. The summed E-state index contributed by atoms with van der Waals surface area (Å²) in [6.07, 6.45) is 7.56. The molecule has 9 heteroatoms. The molecule has 1 aliphatic heterocycles. The highest BCUT2D eigenvalue weighted by molar-refractivity contribution is 6.33. The summed E-state index contributed by atoms with van der Waals surface area (Å²) in [5.41, 5.74) is 0.661. The molecule has 7 nitrogen and oxygen atoms in total. The Morgan fingerprint density at radius 3 is 2.65 bits per heavy atom. The van der Waals surface area contributed by atoms with E-state index in [0.29, 0.717) is 46.7 Å². The van der Waals surface area contributed by atoms with Crippen LogP contribution in [-0.4, -0.2) is 60.6 Å². The van der Waals surface area contributed by atoms with Gasteiger partial charge in [-0.3, -0.25) is 0 Å². The number of ether oxygens (including phenoxy) is 2. The summed E-state index contributed by atoms with van der Waals surface area (Å²) in [7, 11) is 1.72. The third kappa shape index (κ3) is 7.76. The van der Waals surface area contributed by atoms with Gasteiger partial charge < -0.3 is 25.4 Å². The van der Waals surface area contributed by atoms with E-state index in [4.69, 9.17) is 21.1 Å². The molecule has 3 N–H and O–H groups in total. The second-order valence-corrected chi connectivity index (χ2v) is 11.5. The summed E-state index contributed by atoms with van der Waals surface area (Å²) in [4.78, 5) is 8.97. The van der Waals surface area contributed by atoms with E-state index in [2.05, 4.69) is 46.7 Å². The van der Waals surface area contributed by atoms with Gasteiger partial charge in [-0.1, -0.05) is 11.6 Å². The molecular weight excluding hydrogens is 493 g/mol. The molecule has 37 heavy (non-hydrogen) atoms. The Labute approximate surface area is 225 Å². The minimum Gasteiger partial charge on any atom is -0.383 e. The van der Waals surface area contributed by atoms with Crippen molar-refractivity contribution in [2.24, 2.45) is 5.92 Å². The molecule has 204 valence electrons. The van der Waals surface area contributed by atoms with Gasteiger partial charge in [0.15, 0.2) is 11.6 Å². The van der Waals surface area contributed by atoms with Crippen LogP contribution in [0.3, 0.4) is 0 Å². The highest BCUT2D eigenvalue weighted by Crippen LogP contribution is 2.33. The molecule has 1 saturated carbocycles. The monoisotopic (exact) mass is 533 g/mol. The number of nitrogens with zero attached hydrogens (tertiary/aromatic N) is 2. The minimum absolute atomic E-state index is 0.106. The van der Waals surface area contributed by atoms with Gasteiger partial charge in [-0.25, -0.2) is 14.4 Å². The number of halogens is 2. The molecule has 0 radical (unpaired) electrons. The van der Waals surface area contributed by atoms with Crippen molar-refractivity contribution in [3.8, 4) is 11.3 Å². The van der Waals surface area contributed by atoms with Crippen molar-refractivity contribution >= 4 is 23.2 Å². The molecule has 4 rings (SSSR count). The second kappa shape index (κ2) is 12.7. The fourth-order valence-electron chi connectivity index (χ4n) is 5.54. The van der Waals surface area contributed by atoms with E-state index in [-0.39, 0.29) is 17.5 Å². The standard InChI is InChI=1S/C28H41ClFN5O2/c1-18(17-36-4)33-20-5-7-21(8-6-20)34-27-25(30)22(11-13-31-27)26-23(29)9-10-24(35-26)32-16-19-12-14-37-28(2,3)15-19/h9-11,13,18-21,33H,5-8,12,14-17H2,1-4H3,(H,31,34)(H,32,35)/t18-,19?,20?,21?/m1/s1. The van der Waals surface area contributed by atoms with Crippen LogP contribution in [0.5, 0.6) is 0 Å². The summed E-state index contributed by atoms with van der Waals surface area (Å²) in [6, 6.07) is 6.20. The smallest absolute Gasteiger partial charge is 0.174 e. The topological polar surface area (TPSA) is 80.3 Å². The van der Waals surface area contributed by atoms with Crippen LogP contribution in [0.2, 0.25) is 5.02 Å². The summed E-state index contributed by atoms with van der Waals surface area (Å²) in [5, 5.41) is 10.8. The lowest BCUT2D eigenvalue weighted by Gasteiger charge is -2.35. The van der Waals surface area contributed by atoms with E-state index in [1.807, 2.05) is 6.07 Å². The maximum Gasteiger partial charge on any atom is 0.174 e. The molecule has 2 aliphatic rings. The first-order valence-electron chi connectivity index (χ1n) is 13.4. The molecule has 3 heterocycles. The van der Waals surface area contributed by atoms with Crippen LogP contribution in [0, 0.1) is 11.7 Å². The average Bonchev–Trinajstić information content (AvgIpc) is 2.86. The lowest BCUT2D eigenvalue weighted by Crippen LogP contribution is -2.43. The predicted molar refractivity (Wildman–Crippen MR) is 148 cm³/mol. The third-order valence-electron chi connectivity index (χ3n) is 7.37. The van der Waals surface area contributed by atoms with Crippen molar-refractivity contribution in [2.45, 2.75) is 83.0 Å². The van der Waals surface area contributed by atoms with Crippen LogP contribution in [0.4, 0.5) is 16.0 Å². The zero-order valence-electron chi connectivity index (χ0n) is 22.4.